The molecule has 0 atom stereocenters. The molecule has 0 aliphatic carbocycles. The average molecular weight is 215 g/mol. The molecule has 2 nitrogen and oxygen atoms in total. The highest BCUT2D eigenvalue weighted by Crippen LogP contribution is 2.15. The van der Waals surface area contributed by atoms with Crippen LogP contribution in [0.4, 0.5) is 0 Å². The number of carbonyl (C=O) groups excluding carboxylic acids is 1. The summed E-state index contributed by atoms with van der Waals surface area (Å²) in [5.41, 5.74) is 1.92. The Kier molecular flexibility index (Phi) is 4.13. The van der Waals surface area contributed by atoms with Gasteiger partial charge in [-0.3, -0.25) is 4.79 Å². The highest BCUT2D eigenvalue weighted by Gasteiger charge is 2.10. The minimum absolute atomic E-state index is 0.0340. The Hall–Kier alpha value is -1.75. The van der Waals surface area contributed by atoms with Crippen LogP contribution in [-0.2, 0) is 0 Å². The van der Waals surface area contributed by atoms with Crippen molar-refractivity contribution >= 4 is 5.91 Å². The molecule has 0 aliphatic heterocycles. The number of hydrogen-bond acceptors (Lipinski definition) is 1. The highest BCUT2D eigenvalue weighted by atomic mass is 16.2. The first-order chi connectivity index (χ1) is 7.56. The van der Waals surface area contributed by atoms with E-state index < -0.39 is 0 Å². The van der Waals surface area contributed by atoms with E-state index in [4.69, 9.17) is 6.42 Å². The van der Waals surface area contributed by atoms with Gasteiger partial charge < -0.3 is 4.90 Å². The summed E-state index contributed by atoms with van der Waals surface area (Å²) in [5.74, 6) is 2.90. The van der Waals surface area contributed by atoms with Crippen LogP contribution in [0.3, 0.4) is 0 Å². The van der Waals surface area contributed by atoms with Gasteiger partial charge in [0.15, 0.2) is 0 Å². The summed E-state index contributed by atoms with van der Waals surface area (Å²) >= 11 is 0. The minimum atomic E-state index is -0.0340. The zero-order chi connectivity index (χ0) is 12.1. The van der Waals surface area contributed by atoms with E-state index in [0.717, 1.165) is 0 Å². The second-order valence-corrected chi connectivity index (χ2v) is 4.14. The molecule has 0 heterocycles. The van der Waals surface area contributed by atoms with E-state index in [9.17, 15) is 4.79 Å². The van der Waals surface area contributed by atoms with Crippen molar-refractivity contribution in [2.24, 2.45) is 0 Å². The lowest BCUT2D eigenvalue weighted by atomic mass is 10.0. The topological polar surface area (TPSA) is 20.3 Å². The molecular weight excluding hydrogens is 198 g/mol. The molecule has 0 N–H and O–H groups in total. The van der Waals surface area contributed by atoms with Crippen molar-refractivity contribution in [3.8, 4) is 12.3 Å². The van der Waals surface area contributed by atoms with Crippen LogP contribution in [0.25, 0.3) is 0 Å². The van der Waals surface area contributed by atoms with Gasteiger partial charge in [0.2, 0.25) is 0 Å². The lowest BCUT2D eigenvalue weighted by Crippen LogP contribution is -2.26. The van der Waals surface area contributed by atoms with E-state index in [1.54, 1.807) is 7.05 Å². The van der Waals surface area contributed by atoms with Gasteiger partial charge in [-0.15, -0.1) is 6.42 Å². The maximum Gasteiger partial charge on any atom is 0.254 e. The number of benzene rings is 1. The largest absolute Gasteiger partial charge is 0.331 e. The maximum absolute atomic E-state index is 11.8. The number of nitrogens with zero attached hydrogens (tertiary/aromatic N) is 1. The van der Waals surface area contributed by atoms with Crippen LogP contribution in [0.15, 0.2) is 24.3 Å². The van der Waals surface area contributed by atoms with Crippen LogP contribution in [-0.4, -0.2) is 24.4 Å². The fourth-order valence-electron chi connectivity index (χ4n) is 1.44. The lowest BCUT2D eigenvalue weighted by molar-refractivity contribution is 0.0812. The van der Waals surface area contributed by atoms with Gasteiger partial charge in [-0.2, -0.15) is 0 Å². The predicted molar refractivity (Wildman–Crippen MR) is 66.3 cm³/mol. The van der Waals surface area contributed by atoms with E-state index >= 15 is 0 Å². The van der Waals surface area contributed by atoms with Crippen LogP contribution >= 0.6 is 0 Å². The number of terminal acetylenes is 1. The van der Waals surface area contributed by atoms with E-state index in [2.05, 4.69) is 19.8 Å². The van der Waals surface area contributed by atoms with Crippen molar-refractivity contribution in [3.05, 3.63) is 35.4 Å². The quantitative estimate of drug-likeness (QED) is 0.709. The van der Waals surface area contributed by atoms with Gasteiger partial charge >= 0.3 is 0 Å². The summed E-state index contributed by atoms with van der Waals surface area (Å²) < 4.78 is 0. The maximum atomic E-state index is 11.8. The van der Waals surface area contributed by atoms with Crippen molar-refractivity contribution in [2.75, 3.05) is 13.6 Å². The molecule has 0 fully saturated rings. The first kappa shape index (κ1) is 12.3. The Morgan fingerprint density at radius 1 is 1.38 bits per heavy atom. The molecule has 1 aromatic carbocycles. The van der Waals surface area contributed by atoms with Gasteiger partial charge in [-0.1, -0.05) is 31.9 Å². The molecule has 1 aromatic rings. The number of carbonyl (C=O) groups is 1. The molecule has 0 unspecified atom stereocenters. The van der Waals surface area contributed by atoms with Crippen LogP contribution in [0.2, 0.25) is 0 Å². The molecular formula is C14H17NO. The van der Waals surface area contributed by atoms with Gasteiger partial charge in [-0.25, -0.2) is 0 Å². The van der Waals surface area contributed by atoms with Crippen molar-refractivity contribution in [1.82, 2.24) is 4.90 Å². The Morgan fingerprint density at radius 2 is 1.94 bits per heavy atom. The summed E-state index contributed by atoms with van der Waals surface area (Å²) in [6.07, 6.45) is 5.17. The predicted octanol–water partition coefficient (Wildman–Crippen LogP) is 2.52. The van der Waals surface area contributed by atoms with Crippen molar-refractivity contribution < 1.29 is 4.79 Å². The second-order valence-electron chi connectivity index (χ2n) is 4.14. The zero-order valence-corrected chi connectivity index (χ0v) is 10.0. The molecule has 0 aromatic heterocycles. The van der Waals surface area contributed by atoms with Crippen LogP contribution in [0.1, 0.15) is 35.7 Å². The molecule has 0 aliphatic rings. The van der Waals surface area contributed by atoms with Gasteiger partial charge in [0, 0.05) is 12.6 Å². The van der Waals surface area contributed by atoms with Gasteiger partial charge in [0.1, 0.15) is 0 Å². The normalized spacial score (nSPS) is 9.94. The number of amides is 1. The average Bonchev–Trinajstić information content (AvgIpc) is 2.28. The molecule has 1 rings (SSSR count). The molecule has 1 amide bonds. The smallest absolute Gasteiger partial charge is 0.254 e. The summed E-state index contributed by atoms with van der Waals surface area (Å²) in [4.78, 5) is 13.4. The van der Waals surface area contributed by atoms with Gasteiger partial charge in [0.25, 0.3) is 5.91 Å². The summed E-state index contributed by atoms with van der Waals surface area (Å²) in [6.45, 7) is 4.59. The van der Waals surface area contributed by atoms with Gasteiger partial charge in [0.05, 0.1) is 6.54 Å². The van der Waals surface area contributed by atoms with E-state index in [0.29, 0.717) is 18.0 Å². The third-order valence-electron chi connectivity index (χ3n) is 2.50. The molecule has 84 valence electrons. The summed E-state index contributed by atoms with van der Waals surface area (Å²) in [7, 11) is 1.71. The van der Waals surface area contributed by atoms with E-state index in [1.807, 2.05) is 24.3 Å². The van der Waals surface area contributed by atoms with Crippen molar-refractivity contribution in [2.45, 2.75) is 19.8 Å². The van der Waals surface area contributed by atoms with Crippen LogP contribution < -0.4 is 0 Å². The Balaban J connectivity index is 2.82. The third kappa shape index (κ3) is 2.87. The fraction of sp³-hybridized carbons (Fsp3) is 0.357. The summed E-state index contributed by atoms with van der Waals surface area (Å²) in [6, 6.07) is 7.68. The highest BCUT2D eigenvalue weighted by molar-refractivity contribution is 5.94. The Morgan fingerprint density at radius 3 is 2.38 bits per heavy atom. The molecule has 0 bridgehead atoms. The molecule has 0 spiro atoms. The summed E-state index contributed by atoms with van der Waals surface area (Å²) in [5, 5.41) is 0. The number of hydrogen-bond donors (Lipinski definition) is 0. The SMILES string of the molecule is C#CCN(C)C(=O)c1ccc(C(C)C)cc1. The number of rotatable bonds is 3. The van der Waals surface area contributed by atoms with Crippen molar-refractivity contribution in [3.63, 3.8) is 0 Å². The third-order valence-corrected chi connectivity index (χ3v) is 2.50. The minimum Gasteiger partial charge on any atom is -0.331 e. The van der Waals surface area contributed by atoms with Crippen LogP contribution in [0, 0.1) is 12.3 Å². The Labute approximate surface area is 97.3 Å². The second kappa shape index (κ2) is 5.37. The molecule has 0 saturated heterocycles. The zero-order valence-electron chi connectivity index (χ0n) is 10.0. The molecule has 0 saturated carbocycles. The standard InChI is InChI=1S/C14H17NO/c1-5-10-15(4)14(16)13-8-6-12(7-9-13)11(2)3/h1,6-9,11H,10H2,2-4H3. The molecule has 0 radical (unpaired) electrons. The van der Waals surface area contributed by atoms with Crippen molar-refractivity contribution in [1.29, 1.82) is 0 Å². The lowest BCUT2D eigenvalue weighted by Gasteiger charge is -2.14. The van der Waals surface area contributed by atoms with E-state index in [-0.39, 0.29) is 5.91 Å². The molecule has 2 heteroatoms. The monoisotopic (exact) mass is 215 g/mol. The van der Waals surface area contributed by atoms with Gasteiger partial charge in [-0.05, 0) is 23.6 Å². The first-order valence-electron chi connectivity index (χ1n) is 5.35. The first-order valence-corrected chi connectivity index (χ1v) is 5.35. The molecule has 16 heavy (non-hydrogen) atoms. The Bertz CT molecular complexity index is 398. The van der Waals surface area contributed by atoms with E-state index in [1.165, 1.54) is 10.5 Å². The van der Waals surface area contributed by atoms with Crippen LogP contribution in [0.5, 0.6) is 0 Å². The fourth-order valence-corrected chi connectivity index (χ4v) is 1.44.